The molecule has 0 spiro atoms. The molecule has 2 aromatic carbocycles. The van der Waals surface area contributed by atoms with Crippen LogP contribution < -0.4 is 10.1 Å². The van der Waals surface area contributed by atoms with E-state index in [1.165, 1.54) is 20.1 Å². The number of amides is 3. The average Bonchev–Trinajstić information content (AvgIpc) is 2.85. The van der Waals surface area contributed by atoms with Gasteiger partial charge in [-0.2, -0.15) is 5.10 Å². The fourth-order valence-electron chi connectivity index (χ4n) is 2.60. The molecule has 1 heterocycles. The van der Waals surface area contributed by atoms with Gasteiger partial charge in [0.2, 0.25) is 0 Å². The molecule has 1 aliphatic heterocycles. The van der Waals surface area contributed by atoms with Crippen molar-refractivity contribution in [3.05, 3.63) is 65.2 Å². The first-order valence-electron chi connectivity index (χ1n) is 7.66. The van der Waals surface area contributed by atoms with Gasteiger partial charge in [-0.15, -0.1) is 5.01 Å². The van der Waals surface area contributed by atoms with Crippen molar-refractivity contribution in [3.8, 4) is 5.75 Å². The standard InChI is InChI=1S/C18H15F2N3O3/c1-18(11-6-8-12(26-2)9-7-11)16(24)23(17(25)22-18)21-10-13-14(19)4-3-5-15(13)20/h3-10H,1-2H3,(H,22,25)/b21-10+. The maximum atomic E-state index is 13.7. The van der Waals surface area contributed by atoms with Crippen LogP contribution in [0.1, 0.15) is 18.1 Å². The molecule has 0 radical (unpaired) electrons. The maximum absolute atomic E-state index is 13.7. The van der Waals surface area contributed by atoms with E-state index >= 15 is 0 Å². The van der Waals surface area contributed by atoms with Gasteiger partial charge in [0.1, 0.15) is 22.9 Å². The van der Waals surface area contributed by atoms with E-state index in [0.717, 1.165) is 18.3 Å². The Labute approximate surface area is 148 Å². The predicted octanol–water partition coefficient (Wildman–Crippen LogP) is 2.77. The van der Waals surface area contributed by atoms with Gasteiger partial charge in [-0.25, -0.2) is 13.6 Å². The predicted molar refractivity (Wildman–Crippen MR) is 89.7 cm³/mol. The van der Waals surface area contributed by atoms with E-state index in [4.69, 9.17) is 4.74 Å². The second-order valence-corrected chi connectivity index (χ2v) is 5.78. The molecule has 3 amide bonds. The summed E-state index contributed by atoms with van der Waals surface area (Å²) in [7, 11) is 1.51. The molecule has 8 heteroatoms. The molecule has 0 saturated carbocycles. The Morgan fingerprint density at radius 2 is 1.73 bits per heavy atom. The molecule has 1 unspecified atom stereocenters. The summed E-state index contributed by atoms with van der Waals surface area (Å²) in [4.78, 5) is 24.8. The maximum Gasteiger partial charge on any atom is 0.346 e. The highest BCUT2D eigenvalue weighted by Gasteiger charge is 2.49. The molecule has 26 heavy (non-hydrogen) atoms. The molecule has 1 N–H and O–H groups in total. The molecule has 2 aromatic rings. The molecule has 1 aliphatic rings. The lowest BCUT2D eigenvalue weighted by atomic mass is 9.92. The van der Waals surface area contributed by atoms with Crippen molar-refractivity contribution >= 4 is 18.2 Å². The van der Waals surface area contributed by atoms with Crippen molar-refractivity contribution < 1.29 is 23.1 Å². The molecular weight excluding hydrogens is 344 g/mol. The van der Waals surface area contributed by atoms with Gasteiger partial charge < -0.3 is 10.1 Å². The monoisotopic (exact) mass is 359 g/mol. The van der Waals surface area contributed by atoms with Crippen LogP contribution in [0.15, 0.2) is 47.6 Å². The van der Waals surface area contributed by atoms with Crippen molar-refractivity contribution in [2.45, 2.75) is 12.5 Å². The number of hydrogen-bond donors (Lipinski definition) is 1. The van der Waals surface area contributed by atoms with E-state index in [1.54, 1.807) is 24.3 Å². The molecule has 1 saturated heterocycles. The minimum atomic E-state index is -1.35. The number of imide groups is 1. The lowest BCUT2D eigenvalue weighted by Gasteiger charge is -2.21. The van der Waals surface area contributed by atoms with Crippen molar-refractivity contribution in [2.75, 3.05) is 7.11 Å². The zero-order valence-corrected chi connectivity index (χ0v) is 14.0. The molecule has 1 atom stereocenters. The quantitative estimate of drug-likeness (QED) is 0.674. The fourth-order valence-corrected chi connectivity index (χ4v) is 2.60. The molecule has 0 aromatic heterocycles. The van der Waals surface area contributed by atoms with Crippen molar-refractivity contribution in [3.63, 3.8) is 0 Å². The van der Waals surface area contributed by atoms with Gasteiger partial charge in [-0.05, 0) is 36.8 Å². The van der Waals surface area contributed by atoms with Crippen LogP contribution in [0.4, 0.5) is 13.6 Å². The summed E-state index contributed by atoms with van der Waals surface area (Å²) in [6.45, 7) is 1.52. The summed E-state index contributed by atoms with van der Waals surface area (Å²) in [5.41, 5.74) is -1.27. The Hall–Kier alpha value is -3.29. The molecule has 134 valence electrons. The van der Waals surface area contributed by atoms with E-state index in [0.29, 0.717) is 16.3 Å². The third-order valence-electron chi connectivity index (χ3n) is 4.14. The van der Waals surface area contributed by atoms with Gasteiger partial charge in [0.25, 0.3) is 5.91 Å². The van der Waals surface area contributed by atoms with Gasteiger partial charge in [0.15, 0.2) is 0 Å². The summed E-state index contributed by atoms with van der Waals surface area (Å²) in [6, 6.07) is 9.11. The number of carbonyl (C=O) groups excluding carboxylic acids is 2. The van der Waals surface area contributed by atoms with Gasteiger partial charge >= 0.3 is 6.03 Å². The second kappa shape index (κ2) is 6.55. The summed E-state index contributed by atoms with van der Waals surface area (Å²) < 4.78 is 32.4. The van der Waals surface area contributed by atoms with Gasteiger partial charge in [0, 0.05) is 0 Å². The van der Waals surface area contributed by atoms with E-state index in [1.807, 2.05) is 0 Å². The van der Waals surface area contributed by atoms with E-state index in [2.05, 4.69) is 10.4 Å². The molecule has 1 fully saturated rings. The number of hydrogen-bond acceptors (Lipinski definition) is 4. The van der Waals surface area contributed by atoms with Gasteiger partial charge in [-0.1, -0.05) is 18.2 Å². The number of urea groups is 1. The van der Waals surface area contributed by atoms with Crippen molar-refractivity contribution in [2.24, 2.45) is 5.10 Å². The van der Waals surface area contributed by atoms with E-state index in [9.17, 15) is 18.4 Å². The summed E-state index contributed by atoms with van der Waals surface area (Å²) >= 11 is 0. The van der Waals surface area contributed by atoms with Crippen LogP contribution in [0.25, 0.3) is 0 Å². The molecular formula is C18H15F2N3O3. The Morgan fingerprint density at radius 3 is 2.31 bits per heavy atom. The van der Waals surface area contributed by atoms with Crippen LogP contribution in [0.3, 0.4) is 0 Å². The Balaban J connectivity index is 1.90. The van der Waals surface area contributed by atoms with Gasteiger partial charge in [0.05, 0.1) is 18.9 Å². The first kappa shape index (κ1) is 17.5. The number of carbonyl (C=O) groups is 2. The number of nitrogens with one attached hydrogen (secondary N) is 1. The van der Waals surface area contributed by atoms with Crippen LogP contribution in [-0.2, 0) is 10.3 Å². The van der Waals surface area contributed by atoms with E-state index < -0.39 is 34.7 Å². The van der Waals surface area contributed by atoms with Crippen LogP contribution >= 0.6 is 0 Å². The topological polar surface area (TPSA) is 71.0 Å². The summed E-state index contributed by atoms with van der Waals surface area (Å²) in [6.07, 6.45) is 0.807. The number of benzene rings is 2. The van der Waals surface area contributed by atoms with Crippen molar-refractivity contribution in [1.29, 1.82) is 0 Å². The number of methoxy groups -OCH3 is 1. The largest absolute Gasteiger partial charge is 0.497 e. The number of halogens is 2. The highest BCUT2D eigenvalue weighted by molar-refractivity contribution is 6.07. The molecule has 0 bridgehead atoms. The number of hydrazone groups is 1. The fraction of sp³-hybridized carbons (Fsp3) is 0.167. The first-order valence-corrected chi connectivity index (χ1v) is 7.66. The third-order valence-corrected chi connectivity index (χ3v) is 4.14. The summed E-state index contributed by atoms with van der Waals surface area (Å²) in [5, 5.41) is 6.77. The Morgan fingerprint density at radius 1 is 1.12 bits per heavy atom. The normalized spacial score (nSPS) is 19.9. The van der Waals surface area contributed by atoms with Crippen LogP contribution in [0.5, 0.6) is 5.75 Å². The zero-order valence-electron chi connectivity index (χ0n) is 14.0. The minimum absolute atomic E-state index is 0.439. The second-order valence-electron chi connectivity index (χ2n) is 5.78. The van der Waals surface area contributed by atoms with Crippen LogP contribution in [0.2, 0.25) is 0 Å². The number of nitrogens with zero attached hydrogens (tertiary/aromatic N) is 2. The SMILES string of the molecule is COc1ccc(C2(C)NC(=O)N(/N=C/c3c(F)cccc3F)C2=O)cc1. The highest BCUT2D eigenvalue weighted by Crippen LogP contribution is 2.30. The number of rotatable bonds is 4. The number of ether oxygens (including phenoxy) is 1. The van der Waals surface area contributed by atoms with Crippen LogP contribution in [0, 0.1) is 11.6 Å². The molecule has 3 rings (SSSR count). The van der Waals surface area contributed by atoms with E-state index in [-0.39, 0.29) is 0 Å². The van der Waals surface area contributed by atoms with Crippen molar-refractivity contribution in [1.82, 2.24) is 10.3 Å². The third kappa shape index (κ3) is 2.90. The Kier molecular flexibility index (Phi) is 4.41. The highest BCUT2D eigenvalue weighted by atomic mass is 19.1. The molecule has 6 nitrogen and oxygen atoms in total. The molecule has 0 aliphatic carbocycles. The lowest BCUT2D eigenvalue weighted by Crippen LogP contribution is -2.40. The van der Waals surface area contributed by atoms with Gasteiger partial charge in [-0.3, -0.25) is 4.79 Å². The zero-order chi connectivity index (χ0) is 18.9. The smallest absolute Gasteiger partial charge is 0.346 e. The first-order chi connectivity index (χ1) is 12.4. The average molecular weight is 359 g/mol. The van der Waals surface area contributed by atoms with Crippen LogP contribution in [-0.4, -0.2) is 30.3 Å². The lowest BCUT2D eigenvalue weighted by molar-refractivity contribution is -0.131. The summed E-state index contributed by atoms with van der Waals surface area (Å²) in [5.74, 6) is -1.77. The minimum Gasteiger partial charge on any atom is -0.497 e. The Bertz CT molecular complexity index is 879.